The zero-order chi connectivity index (χ0) is 21.9. The molecule has 162 valence electrons. The van der Waals surface area contributed by atoms with Crippen LogP contribution in [0.1, 0.15) is 61.8 Å². The Morgan fingerprint density at radius 3 is 1.93 bits per heavy atom. The molecule has 1 atom stereocenters. The average molecular weight is 401 g/mol. The van der Waals surface area contributed by atoms with Crippen LogP contribution in [0.15, 0.2) is 0 Å². The number of nitrogens with zero attached hydrogens (tertiary/aromatic N) is 1. The lowest BCUT2D eigenvalue weighted by atomic mass is 9.77. The Labute approximate surface area is 167 Å². The molecule has 8 heteroatoms. The van der Waals surface area contributed by atoms with E-state index < -0.39 is 34.7 Å². The quantitative estimate of drug-likeness (QED) is 0.633. The van der Waals surface area contributed by atoms with Crippen LogP contribution >= 0.6 is 0 Å². The van der Waals surface area contributed by atoms with Crippen molar-refractivity contribution in [3.05, 3.63) is 0 Å². The molecule has 1 rings (SSSR count). The topological polar surface area (TPSA) is 105 Å². The highest BCUT2D eigenvalue weighted by Crippen LogP contribution is 2.35. The third kappa shape index (κ3) is 6.96. The number of nitrogens with one attached hydrogen (secondary N) is 1. The Hall–Kier alpha value is -1.83. The molecule has 1 amide bonds. The van der Waals surface area contributed by atoms with Gasteiger partial charge in [-0.05, 0) is 60.4 Å². The van der Waals surface area contributed by atoms with Crippen molar-refractivity contribution in [2.24, 2.45) is 11.3 Å². The smallest absolute Gasteiger partial charge is 0.410 e. The van der Waals surface area contributed by atoms with Crippen LogP contribution in [0, 0.1) is 11.3 Å². The van der Waals surface area contributed by atoms with Crippen molar-refractivity contribution in [2.45, 2.75) is 79.1 Å². The summed E-state index contributed by atoms with van der Waals surface area (Å²) in [6.45, 7) is 15.0. The van der Waals surface area contributed by atoms with Crippen LogP contribution in [0.3, 0.4) is 0 Å². The van der Waals surface area contributed by atoms with Crippen molar-refractivity contribution < 1.29 is 29.0 Å². The molecule has 0 spiro atoms. The van der Waals surface area contributed by atoms with Gasteiger partial charge in [-0.25, -0.2) is 4.79 Å². The standard InChI is InChI=1S/C20H36N2O6/c1-13(2)14(15(23)27-18(3,4)5)21-10-9-20(16(24)25)11-22(12-20)17(26)28-19(6,7)8/h13-14,21H,9-12H2,1-8H3,(H,24,25)/t14-/m0/s1. The number of rotatable bonds is 7. The average Bonchev–Trinajstić information content (AvgIpc) is 2.40. The molecule has 2 N–H and O–H groups in total. The molecule has 0 unspecified atom stereocenters. The highest BCUT2D eigenvalue weighted by molar-refractivity contribution is 5.80. The summed E-state index contributed by atoms with van der Waals surface area (Å²) >= 11 is 0. The summed E-state index contributed by atoms with van der Waals surface area (Å²) in [6, 6.07) is -0.521. The molecule has 0 bridgehead atoms. The number of carbonyl (C=O) groups excluding carboxylic acids is 2. The van der Waals surface area contributed by atoms with Crippen molar-refractivity contribution in [3.8, 4) is 0 Å². The molecule has 1 heterocycles. The molecule has 1 fully saturated rings. The van der Waals surface area contributed by atoms with Gasteiger partial charge in [0.15, 0.2) is 0 Å². The van der Waals surface area contributed by atoms with E-state index in [-0.39, 0.29) is 25.0 Å². The molecule has 1 saturated heterocycles. The number of aliphatic carboxylic acids is 1. The molecule has 8 nitrogen and oxygen atoms in total. The second-order valence-corrected chi connectivity index (χ2v) is 9.88. The second-order valence-electron chi connectivity index (χ2n) is 9.88. The zero-order valence-electron chi connectivity index (χ0n) is 18.4. The van der Waals surface area contributed by atoms with Gasteiger partial charge in [0, 0.05) is 13.1 Å². The molecule has 0 aromatic rings. The first-order valence-electron chi connectivity index (χ1n) is 9.74. The largest absolute Gasteiger partial charge is 0.481 e. The fourth-order valence-corrected chi connectivity index (χ4v) is 2.96. The number of esters is 1. The Kier molecular flexibility index (Phi) is 7.50. The van der Waals surface area contributed by atoms with Gasteiger partial charge >= 0.3 is 18.0 Å². The minimum absolute atomic E-state index is 0.00437. The SMILES string of the molecule is CC(C)[C@H](NCCC1(C(=O)O)CN(C(=O)OC(C)(C)C)C1)C(=O)OC(C)(C)C. The number of hydrogen-bond acceptors (Lipinski definition) is 6. The lowest BCUT2D eigenvalue weighted by molar-refractivity contribution is -0.160. The van der Waals surface area contributed by atoms with E-state index >= 15 is 0 Å². The summed E-state index contributed by atoms with van der Waals surface area (Å²) in [5, 5.41) is 12.8. The van der Waals surface area contributed by atoms with Gasteiger partial charge in [-0.2, -0.15) is 0 Å². The Morgan fingerprint density at radius 2 is 1.54 bits per heavy atom. The molecule has 28 heavy (non-hydrogen) atoms. The Balaban J connectivity index is 2.64. The summed E-state index contributed by atoms with van der Waals surface area (Å²) in [4.78, 5) is 37.6. The highest BCUT2D eigenvalue weighted by atomic mass is 16.6. The number of amides is 1. The third-order valence-corrected chi connectivity index (χ3v) is 4.39. The van der Waals surface area contributed by atoms with Crippen molar-refractivity contribution in [1.82, 2.24) is 10.2 Å². The zero-order valence-corrected chi connectivity index (χ0v) is 18.4. The molecular formula is C20H36N2O6. The Bertz CT molecular complexity index is 582. The predicted octanol–water partition coefficient (Wildman–Crippen LogP) is 2.65. The van der Waals surface area contributed by atoms with E-state index in [0.29, 0.717) is 13.0 Å². The summed E-state index contributed by atoms with van der Waals surface area (Å²) < 4.78 is 10.7. The van der Waals surface area contributed by atoms with E-state index in [2.05, 4.69) is 5.32 Å². The fraction of sp³-hybridized carbons (Fsp3) is 0.850. The van der Waals surface area contributed by atoms with Gasteiger partial charge < -0.3 is 24.8 Å². The molecule has 0 aromatic carbocycles. The van der Waals surface area contributed by atoms with Crippen molar-refractivity contribution in [2.75, 3.05) is 19.6 Å². The van der Waals surface area contributed by atoms with E-state index in [4.69, 9.17) is 9.47 Å². The molecule has 0 aliphatic carbocycles. The number of likely N-dealkylation sites (tertiary alicyclic amines) is 1. The van der Waals surface area contributed by atoms with E-state index in [1.807, 2.05) is 13.8 Å². The monoisotopic (exact) mass is 400 g/mol. The van der Waals surface area contributed by atoms with E-state index in [1.165, 1.54) is 4.90 Å². The van der Waals surface area contributed by atoms with Crippen LogP contribution in [-0.2, 0) is 19.1 Å². The highest BCUT2D eigenvalue weighted by Gasteiger charge is 2.52. The molecule has 1 aliphatic rings. The minimum atomic E-state index is -1.03. The van der Waals surface area contributed by atoms with Crippen LogP contribution in [0.4, 0.5) is 4.79 Å². The maximum atomic E-state index is 12.4. The van der Waals surface area contributed by atoms with Crippen molar-refractivity contribution >= 4 is 18.0 Å². The van der Waals surface area contributed by atoms with Gasteiger partial charge in [0.2, 0.25) is 0 Å². The van der Waals surface area contributed by atoms with E-state index in [1.54, 1.807) is 41.5 Å². The summed E-state index contributed by atoms with van der Waals surface area (Å²) in [5.41, 5.74) is -2.24. The lowest BCUT2D eigenvalue weighted by Gasteiger charge is -2.47. The lowest BCUT2D eigenvalue weighted by Crippen LogP contribution is -2.63. The number of carboxylic acids is 1. The molecular weight excluding hydrogens is 364 g/mol. The Morgan fingerprint density at radius 1 is 1.04 bits per heavy atom. The van der Waals surface area contributed by atoms with Gasteiger partial charge in [0.25, 0.3) is 0 Å². The van der Waals surface area contributed by atoms with Gasteiger partial charge in [-0.3, -0.25) is 9.59 Å². The van der Waals surface area contributed by atoms with Crippen molar-refractivity contribution in [1.29, 1.82) is 0 Å². The first-order valence-corrected chi connectivity index (χ1v) is 9.74. The minimum Gasteiger partial charge on any atom is -0.481 e. The molecule has 0 saturated carbocycles. The normalized spacial score (nSPS) is 17.7. The van der Waals surface area contributed by atoms with Crippen LogP contribution in [0.2, 0.25) is 0 Å². The van der Waals surface area contributed by atoms with Crippen LogP contribution < -0.4 is 5.32 Å². The van der Waals surface area contributed by atoms with Gasteiger partial charge in [-0.1, -0.05) is 13.8 Å². The van der Waals surface area contributed by atoms with Gasteiger partial charge in [-0.15, -0.1) is 0 Å². The van der Waals surface area contributed by atoms with Crippen LogP contribution in [0.5, 0.6) is 0 Å². The number of ether oxygens (including phenoxy) is 2. The van der Waals surface area contributed by atoms with E-state index in [9.17, 15) is 19.5 Å². The summed E-state index contributed by atoms with van der Waals surface area (Å²) in [7, 11) is 0. The maximum Gasteiger partial charge on any atom is 0.410 e. The predicted molar refractivity (Wildman–Crippen MR) is 105 cm³/mol. The summed E-state index contributed by atoms with van der Waals surface area (Å²) in [6.07, 6.45) is -0.209. The maximum absolute atomic E-state index is 12.4. The van der Waals surface area contributed by atoms with Crippen molar-refractivity contribution in [3.63, 3.8) is 0 Å². The van der Waals surface area contributed by atoms with E-state index in [0.717, 1.165) is 0 Å². The second kappa shape index (κ2) is 8.68. The first kappa shape index (κ1) is 24.2. The molecule has 1 aliphatic heterocycles. The third-order valence-electron chi connectivity index (χ3n) is 4.39. The molecule has 0 radical (unpaired) electrons. The van der Waals surface area contributed by atoms with Gasteiger partial charge in [0.1, 0.15) is 22.7 Å². The fourth-order valence-electron chi connectivity index (χ4n) is 2.96. The number of carbonyl (C=O) groups is 3. The summed E-state index contributed by atoms with van der Waals surface area (Å²) in [5.74, 6) is -1.31. The van der Waals surface area contributed by atoms with Gasteiger partial charge in [0.05, 0.1) is 0 Å². The number of hydrogen-bond donors (Lipinski definition) is 2. The first-order chi connectivity index (χ1) is 12.6. The molecule has 0 aromatic heterocycles. The number of carboxylic acid groups (broad SMARTS) is 1. The van der Waals surface area contributed by atoms with Crippen LogP contribution in [0.25, 0.3) is 0 Å². The van der Waals surface area contributed by atoms with Crippen LogP contribution in [-0.4, -0.2) is 64.9 Å².